The molecule has 1 atom stereocenters. The quantitative estimate of drug-likeness (QED) is 0.114. The summed E-state index contributed by atoms with van der Waals surface area (Å²) in [5.74, 6) is 0.655. The van der Waals surface area contributed by atoms with Crippen molar-refractivity contribution in [2.75, 3.05) is 30.7 Å². The van der Waals surface area contributed by atoms with E-state index in [0.29, 0.717) is 54.9 Å². The SMILES string of the molecule is CSCCCOC(=O)OCOC(=O)[C@H]1CC[C@H]([C@@](C)(O)c2ccc(-c3cc(C)cc(Nc4cc(C(F)F)ccn4)n3)cn2)CC1. The van der Waals surface area contributed by atoms with E-state index >= 15 is 0 Å². The first-order valence-electron chi connectivity index (χ1n) is 14.7. The highest BCUT2D eigenvalue weighted by molar-refractivity contribution is 7.98. The smallest absolute Gasteiger partial charge is 0.434 e. The molecule has 3 heterocycles. The van der Waals surface area contributed by atoms with E-state index in [-0.39, 0.29) is 29.8 Å². The highest BCUT2D eigenvalue weighted by Gasteiger charge is 2.39. The number of anilines is 2. The third kappa shape index (κ3) is 9.57. The van der Waals surface area contributed by atoms with Crippen LogP contribution in [0.25, 0.3) is 11.3 Å². The van der Waals surface area contributed by atoms with Gasteiger partial charge in [0.15, 0.2) is 0 Å². The van der Waals surface area contributed by atoms with Crippen molar-refractivity contribution in [1.82, 2.24) is 15.0 Å². The Bertz CT molecular complexity index is 1440. The van der Waals surface area contributed by atoms with Crippen LogP contribution in [-0.4, -0.2) is 57.6 Å². The van der Waals surface area contributed by atoms with Crippen LogP contribution in [0.1, 0.15) is 62.3 Å². The first-order chi connectivity index (χ1) is 21.6. The van der Waals surface area contributed by atoms with E-state index in [9.17, 15) is 23.5 Å². The van der Waals surface area contributed by atoms with Crippen molar-refractivity contribution >= 4 is 35.5 Å². The molecular formula is C32H38F2N4O6S. The van der Waals surface area contributed by atoms with Gasteiger partial charge >= 0.3 is 12.1 Å². The Hall–Kier alpha value is -3.84. The number of pyridine rings is 3. The van der Waals surface area contributed by atoms with Gasteiger partial charge in [0.1, 0.15) is 17.2 Å². The van der Waals surface area contributed by atoms with E-state index in [4.69, 9.17) is 14.2 Å². The van der Waals surface area contributed by atoms with E-state index in [0.717, 1.165) is 11.3 Å². The molecule has 0 aliphatic heterocycles. The molecule has 0 unspecified atom stereocenters. The number of thioether (sulfide) groups is 1. The van der Waals surface area contributed by atoms with E-state index in [2.05, 4.69) is 20.3 Å². The van der Waals surface area contributed by atoms with Gasteiger partial charge < -0.3 is 24.6 Å². The van der Waals surface area contributed by atoms with Crippen molar-refractivity contribution in [3.63, 3.8) is 0 Å². The average molecular weight is 645 g/mol. The van der Waals surface area contributed by atoms with Crippen molar-refractivity contribution in [2.24, 2.45) is 11.8 Å². The molecule has 0 spiro atoms. The molecule has 0 aromatic carbocycles. The number of alkyl halides is 2. The van der Waals surface area contributed by atoms with Crippen LogP contribution < -0.4 is 5.32 Å². The number of aliphatic hydroxyl groups is 1. The second kappa shape index (κ2) is 15.9. The number of esters is 1. The Morgan fingerprint density at radius 1 is 1.07 bits per heavy atom. The largest absolute Gasteiger partial charge is 0.511 e. The second-order valence-electron chi connectivity index (χ2n) is 11.1. The molecule has 4 rings (SSSR count). The number of aromatic nitrogens is 3. The lowest BCUT2D eigenvalue weighted by atomic mass is 9.73. The standard InChI is InChI=1S/C32H38F2N4O6S/c1-20-15-25(37-28(16-20)38-27-17-22(29(33)34)11-12-35-27)23-7-10-26(36-18-23)32(2,41)24-8-5-21(6-9-24)30(39)43-19-44-31(40)42-13-4-14-45-3/h7,10-12,15-18,21,24,29,41H,4-6,8-9,13-14,19H2,1-3H3,(H,35,37,38)/t21-,24-,32-/m1/s1. The predicted molar refractivity (Wildman–Crippen MR) is 166 cm³/mol. The fourth-order valence-corrected chi connectivity index (χ4v) is 5.67. The van der Waals surface area contributed by atoms with Gasteiger partial charge in [0.05, 0.1) is 23.9 Å². The number of aryl methyl sites for hydroxylation is 1. The Labute approximate surface area is 265 Å². The summed E-state index contributed by atoms with van der Waals surface area (Å²) >= 11 is 1.65. The zero-order valence-electron chi connectivity index (χ0n) is 25.5. The molecule has 13 heteroatoms. The predicted octanol–water partition coefficient (Wildman–Crippen LogP) is 6.95. The topological polar surface area (TPSA) is 133 Å². The van der Waals surface area contributed by atoms with Gasteiger partial charge in [0.2, 0.25) is 6.79 Å². The molecule has 0 radical (unpaired) electrons. The van der Waals surface area contributed by atoms with Crippen LogP contribution in [0, 0.1) is 18.8 Å². The minimum atomic E-state index is -2.61. The lowest BCUT2D eigenvalue weighted by Crippen LogP contribution is -2.37. The third-order valence-electron chi connectivity index (χ3n) is 7.79. The number of hydrogen-bond donors (Lipinski definition) is 2. The summed E-state index contributed by atoms with van der Waals surface area (Å²) in [4.78, 5) is 37.3. The first-order valence-corrected chi connectivity index (χ1v) is 16.1. The number of ether oxygens (including phenoxy) is 3. The number of nitrogens with zero attached hydrogens (tertiary/aromatic N) is 3. The molecule has 1 aliphatic rings. The van der Waals surface area contributed by atoms with Gasteiger partial charge in [-0.25, -0.2) is 23.5 Å². The number of rotatable bonds is 13. The molecule has 10 nitrogen and oxygen atoms in total. The van der Waals surface area contributed by atoms with Gasteiger partial charge in [0, 0.05) is 23.5 Å². The van der Waals surface area contributed by atoms with Crippen molar-refractivity contribution in [3.05, 3.63) is 65.6 Å². The Kier molecular flexibility index (Phi) is 12.1. The minimum Gasteiger partial charge on any atom is -0.434 e. The van der Waals surface area contributed by atoms with Gasteiger partial charge in [-0.2, -0.15) is 11.8 Å². The third-order valence-corrected chi connectivity index (χ3v) is 8.48. The summed E-state index contributed by atoms with van der Waals surface area (Å²) in [6, 6.07) is 9.80. The maximum absolute atomic E-state index is 13.1. The van der Waals surface area contributed by atoms with E-state index < -0.39 is 30.9 Å². The maximum atomic E-state index is 13.1. The highest BCUT2D eigenvalue weighted by Crippen LogP contribution is 2.41. The number of carbonyl (C=O) groups excluding carboxylic acids is 2. The molecule has 1 fully saturated rings. The lowest BCUT2D eigenvalue weighted by molar-refractivity contribution is -0.160. The van der Waals surface area contributed by atoms with Gasteiger partial charge in [-0.05, 0) is 106 Å². The van der Waals surface area contributed by atoms with Crippen LogP contribution in [-0.2, 0) is 24.6 Å². The van der Waals surface area contributed by atoms with Crippen molar-refractivity contribution in [3.8, 4) is 11.3 Å². The van der Waals surface area contributed by atoms with Crippen molar-refractivity contribution < 1.29 is 37.7 Å². The zero-order chi connectivity index (χ0) is 32.4. The Balaban J connectivity index is 1.31. The summed E-state index contributed by atoms with van der Waals surface area (Å²) in [6.45, 7) is 3.37. The van der Waals surface area contributed by atoms with Crippen LogP contribution in [0.3, 0.4) is 0 Å². The molecule has 0 amide bonds. The van der Waals surface area contributed by atoms with Crippen LogP contribution in [0.2, 0.25) is 0 Å². The fraction of sp³-hybridized carbons (Fsp3) is 0.469. The van der Waals surface area contributed by atoms with Crippen LogP contribution in [0.5, 0.6) is 0 Å². The Morgan fingerprint density at radius 3 is 2.53 bits per heavy atom. The normalized spacial score (nSPS) is 17.8. The molecule has 0 saturated heterocycles. The minimum absolute atomic E-state index is 0.128. The molecule has 0 bridgehead atoms. The molecule has 2 N–H and O–H groups in total. The molecule has 3 aromatic heterocycles. The molecule has 242 valence electrons. The van der Waals surface area contributed by atoms with Crippen LogP contribution in [0.15, 0.2) is 48.8 Å². The number of nitrogens with one attached hydrogen (secondary N) is 1. The van der Waals surface area contributed by atoms with Gasteiger partial charge in [0.25, 0.3) is 6.43 Å². The van der Waals surface area contributed by atoms with Crippen LogP contribution in [0.4, 0.5) is 25.2 Å². The maximum Gasteiger partial charge on any atom is 0.511 e. The number of halogens is 2. The van der Waals surface area contributed by atoms with Gasteiger partial charge in [-0.3, -0.25) is 9.78 Å². The number of carbonyl (C=O) groups is 2. The number of hydrogen-bond acceptors (Lipinski definition) is 11. The summed E-state index contributed by atoms with van der Waals surface area (Å²) in [6.07, 6.45) is 4.38. The van der Waals surface area contributed by atoms with E-state index in [1.165, 1.54) is 18.3 Å². The van der Waals surface area contributed by atoms with Crippen molar-refractivity contribution in [1.29, 1.82) is 0 Å². The van der Waals surface area contributed by atoms with Gasteiger partial charge in [-0.1, -0.05) is 0 Å². The highest BCUT2D eigenvalue weighted by atomic mass is 32.2. The molecular weight excluding hydrogens is 606 g/mol. The Morgan fingerprint density at radius 2 is 1.84 bits per heavy atom. The summed E-state index contributed by atoms with van der Waals surface area (Å²) in [7, 11) is 0. The van der Waals surface area contributed by atoms with Crippen LogP contribution >= 0.6 is 11.8 Å². The second-order valence-corrected chi connectivity index (χ2v) is 12.1. The molecule has 45 heavy (non-hydrogen) atoms. The summed E-state index contributed by atoms with van der Waals surface area (Å²) in [5, 5.41) is 14.5. The van der Waals surface area contributed by atoms with Crippen molar-refractivity contribution in [2.45, 2.75) is 58.0 Å². The van der Waals surface area contributed by atoms with E-state index in [1.54, 1.807) is 37.0 Å². The summed E-state index contributed by atoms with van der Waals surface area (Å²) < 4.78 is 41.0. The van der Waals surface area contributed by atoms with E-state index in [1.807, 2.05) is 25.3 Å². The van der Waals surface area contributed by atoms with Gasteiger partial charge in [-0.15, -0.1) is 0 Å². The first kappa shape index (κ1) is 34.0. The average Bonchev–Trinajstić information content (AvgIpc) is 3.03. The summed E-state index contributed by atoms with van der Waals surface area (Å²) in [5.41, 5.74) is 1.36. The molecule has 1 saturated carbocycles. The zero-order valence-corrected chi connectivity index (χ0v) is 26.3. The molecule has 1 aliphatic carbocycles. The fourth-order valence-electron chi connectivity index (χ4n) is 5.26. The molecule has 3 aromatic rings. The monoisotopic (exact) mass is 644 g/mol. The lowest BCUT2D eigenvalue weighted by Gasteiger charge is -2.37.